The quantitative estimate of drug-likeness (QED) is 0.723. The van der Waals surface area contributed by atoms with Gasteiger partial charge >= 0.3 is 0 Å². The van der Waals surface area contributed by atoms with Crippen molar-refractivity contribution in [2.24, 2.45) is 0 Å². The maximum Gasteiger partial charge on any atom is 0.117 e. The molecule has 0 heterocycles. The fourth-order valence-corrected chi connectivity index (χ4v) is 1.71. The van der Waals surface area contributed by atoms with Crippen LogP contribution in [-0.2, 0) is 0 Å². The summed E-state index contributed by atoms with van der Waals surface area (Å²) in [5.74, 6) is 0.349. The van der Waals surface area contributed by atoms with Crippen molar-refractivity contribution in [3.63, 3.8) is 0 Å². The highest BCUT2D eigenvalue weighted by atomic mass is 16.3. The Balaban J connectivity index is 2.57. The summed E-state index contributed by atoms with van der Waals surface area (Å²) in [6.07, 6.45) is 3.74. The number of aromatic hydroxyl groups is 1. The Bertz CT molecular complexity index is 286. The number of anilines is 1. The van der Waals surface area contributed by atoms with Crippen LogP contribution in [0, 0.1) is 0 Å². The maximum atomic E-state index is 9.40. The molecule has 0 aliphatic heterocycles. The van der Waals surface area contributed by atoms with E-state index in [1.807, 2.05) is 12.1 Å². The minimum Gasteiger partial charge on any atom is -0.508 e. The molecule has 0 saturated carbocycles. The van der Waals surface area contributed by atoms with E-state index in [0.717, 1.165) is 18.8 Å². The summed E-state index contributed by atoms with van der Waals surface area (Å²) in [7, 11) is 0. The van der Waals surface area contributed by atoms with Crippen molar-refractivity contribution in [2.45, 2.75) is 33.1 Å². The van der Waals surface area contributed by atoms with Gasteiger partial charge in [0.25, 0.3) is 0 Å². The van der Waals surface area contributed by atoms with Crippen molar-refractivity contribution >= 4 is 5.69 Å². The van der Waals surface area contributed by atoms with Gasteiger partial charge in [-0.1, -0.05) is 25.8 Å². The Hall–Kier alpha value is -1.18. The van der Waals surface area contributed by atoms with Gasteiger partial charge < -0.3 is 10.0 Å². The number of phenolic OH excluding ortho intramolecular Hbond substituents is 1. The Morgan fingerprint density at radius 3 is 2.60 bits per heavy atom. The van der Waals surface area contributed by atoms with E-state index in [-0.39, 0.29) is 0 Å². The fraction of sp³-hybridized carbons (Fsp3) is 0.538. The van der Waals surface area contributed by atoms with E-state index < -0.39 is 0 Å². The minimum absolute atomic E-state index is 0.349. The average molecular weight is 207 g/mol. The second kappa shape index (κ2) is 6.33. The number of unbranched alkanes of at least 4 members (excludes halogenated alkanes) is 2. The van der Waals surface area contributed by atoms with E-state index in [0.29, 0.717) is 5.75 Å². The Morgan fingerprint density at radius 2 is 2.00 bits per heavy atom. The molecule has 0 atom stereocenters. The zero-order chi connectivity index (χ0) is 11.1. The Morgan fingerprint density at radius 1 is 1.20 bits per heavy atom. The molecule has 1 N–H and O–H groups in total. The van der Waals surface area contributed by atoms with E-state index >= 15 is 0 Å². The molecule has 2 heteroatoms. The van der Waals surface area contributed by atoms with Gasteiger partial charge in [0, 0.05) is 24.8 Å². The molecule has 0 spiro atoms. The zero-order valence-corrected chi connectivity index (χ0v) is 9.74. The summed E-state index contributed by atoms with van der Waals surface area (Å²) in [6, 6.07) is 7.49. The third kappa shape index (κ3) is 3.82. The molecular formula is C13H21NO. The molecule has 0 amide bonds. The van der Waals surface area contributed by atoms with Crippen molar-refractivity contribution in [3.8, 4) is 5.75 Å². The summed E-state index contributed by atoms with van der Waals surface area (Å²) < 4.78 is 0. The highest BCUT2D eigenvalue weighted by molar-refractivity contribution is 5.50. The highest BCUT2D eigenvalue weighted by Crippen LogP contribution is 2.20. The van der Waals surface area contributed by atoms with E-state index in [1.54, 1.807) is 6.07 Å². The van der Waals surface area contributed by atoms with Crippen LogP contribution in [0.1, 0.15) is 33.1 Å². The molecule has 0 radical (unpaired) electrons. The van der Waals surface area contributed by atoms with Gasteiger partial charge in [-0.2, -0.15) is 0 Å². The third-order valence-corrected chi connectivity index (χ3v) is 2.61. The molecule has 0 unspecified atom stereocenters. The molecule has 0 saturated heterocycles. The van der Waals surface area contributed by atoms with E-state index in [2.05, 4.69) is 24.8 Å². The molecule has 1 aromatic carbocycles. The van der Waals surface area contributed by atoms with E-state index in [4.69, 9.17) is 0 Å². The Kier molecular flexibility index (Phi) is 5.02. The number of benzene rings is 1. The largest absolute Gasteiger partial charge is 0.508 e. The van der Waals surface area contributed by atoms with Gasteiger partial charge in [-0.25, -0.2) is 0 Å². The van der Waals surface area contributed by atoms with Crippen LogP contribution in [0.25, 0.3) is 0 Å². The SMILES string of the molecule is CCCCCN(CC)c1cccc(O)c1. The van der Waals surface area contributed by atoms with Crippen molar-refractivity contribution < 1.29 is 5.11 Å². The van der Waals surface area contributed by atoms with Gasteiger partial charge in [0.05, 0.1) is 0 Å². The van der Waals surface area contributed by atoms with Gasteiger partial charge in [0.1, 0.15) is 5.75 Å². The lowest BCUT2D eigenvalue weighted by Crippen LogP contribution is -2.23. The first-order chi connectivity index (χ1) is 7.27. The average Bonchev–Trinajstić information content (AvgIpc) is 2.24. The summed E-state index contributed by atoms with van der Waals surface area (Å²) in [6.45, 7) is 6.43. The first-order valence-electron chi connectivity index (χ1n) is 5.82. The van der Waals surface area contributed by atoms with Crippen LogP contribution in [0.15, 0.2) is 24.3 Å². The lowest BCUT2D eigenvalue weighted by atomic mass is 10.2. The van der Waals surface area contributed by atoms with Gasteiger partial charge in [-0.3, -0.25) is 0 Å². The number of rotatable bonds is 6. The number of hydrogen-bond donors (Lipinski definition) is 1. The molecule has 0 fully saturated rings. The molecule has 15 heavy (non-hydrogen) atoms. The number of nitrogens with zero attached hydrogens (tertiary/aromatic N) is 1. The molecule has 0 aromatic heterocycles. The highest BCUT2D eigenvalue weighted by Gasteiger charge is 2.03. The molecule has 2 nitrogen and oxygen atoms in total. The second-order valence-corrected chi connectivity index (χ2v) is 3.81. The van der Waals surface area contributed by atoms with Crippen LogP contribution in [0.3, 0.4) is 0 Å². The Labute approximate surface area is 92.5 Å². The standard InChI is InChI=1S/C13H21NO/c1-3-5-6-10-14(4-2)12-8-7-9-13(15)11-12/h7-9,11,15H,3-6,10H2,1-2H3. The monoisotopic (exact) mass is 207 g/mol. The summed E-state index contributed by atoms with van der Waals surface area (Å²) >= 11 is 0. The first-order valence-corrected chi connectivity index (χ1v) is 5.82. The molecule has 0 bridgehead atoms. The summed E-state index contributed by atoms with van der Waals surface area (Å²) in [4.78, 5) is 2.30. The van der Waals surface area contributed by atoms with Gasteiger partial charge in [0.2, 0.25) is 0 Å². The molecular weight excluding hydrogens is 186 g/mol. The smallest absolute Gasteiger partial charge is 0.117 e. The van der Waals surface area contributed by atoms with Crippen molar-refractivity contribution in [1.82, 2.24) is 0 Å². The summed E-state index contributed by atoms with van der Waals surface area (Å²) in [5.41, 5.74) is 1.12. The number of phenols is 1. The van der Waals surface area contributed by atoms with Crippen molar-refractivity contribution in [3.05, 3.63) is 24.3 Å². The van der Waals surface area contributed by atoms with Crippen LogP contribution in [0.5, 0.6) is 5.75 Å². The van der Waals surface area contributed by atoms with Gasteiger partial charge in [-0.05, 0) is 25.5 Å². The van der Waals surface area contributed by atoms with E-state index in [9.17, 15) is 5.11 Å². The zero-order valence-electron chi connectivity index (χ0n) is 9.74. The lowest BCUT2D eigenvalue weighted by molar-refractivity contribution is 0.475. The first kappa shape index (κ1) is 11.9. The van der Waals surface area contributed by atoms with Crippen LogP contribution >= 0.6 is 0 Å². The van der Waals surface area contributed by atoms with Crippen LogP contribution < -0.4 is 4.90 Å². The molecule has 0 aliphatic carbocycles. The minimum atomic E-state index is 0.349. The predicted octanol–water partition coefficient (Wildman–Crippen LogP) is 3.41. The van der Waals surface area contributed by atoms with Crippen molar-refractivity contribution in [1.29, 1.82) is 0 Å². The van der Waals surface area contributed by atoms with Crippen molar-refractivity contribution in [2.75, 3.05) is 18.0 Å². The van der Waals surface area contributed by atoms with Crippen LogP contribution in [0.4, 0.5) is 5.69 Å². The summed E-state index contributed by atoms with van der Waals surface area (Å²) in [5, 5.41) is 9.40. The second-order valence-electron chi connectivity index (χ2n) is 3.81. The maximum absolute atomic E-state index is 9.40. The van der Waals surface area contributed by atoms with Crippen LogP contribution in [0.2, 0.25) is 0 Å². The van der Waals surface area contributed by atoms with Gasteiger partial charge in [-0.15, -0.1) is 0 Å². The molecule has 0 aliphatic rings. The molecule has 84 valence electrons. The topological polar surface area (TPSA) is 23.5 Å². The molecule has 1 rings (SSSR count). The fourth-order valence-electron chi connectivity index (χ4n) is 1.71. The predicted molar refractivity (Wildman–Crippen MR) is 65.5 cm³/mol. The van der Waals surface area contributed by atoms with Gasteiger partial charge in [0.15, 0.2) is 0 Å². The number of hydrogen-bond acceptors (Lipinski definition) is 2. The van der Waals surface area contributed by atoms with E-state index in [1.165, 1.54) is 19.3 Å². The lowest BCUT2D eigenvalue weighted by Gasteiger charge is -2.23. The van der Waals surface area contributed by atoms with Crippen LogP contribution in [-0.4, -0.2) is 18.2 Å². The third-order valence-electron chi connectivity index (χ3n) is 2.61. The normalized spacial score (nSPS) is 10.3. The molecule has 1 aromatic rings.